The van der Waals surface area contributed by atoms with Gasteiger partial charge in [0.2, 0.25) is 5.91 Å². The highest BCUT2D eigenvalue weighted by atomic mass is 16.5. The number of amides is 1. The van der Waals surface area contributed by atoms with Gasteiger partial charge in [-0.15, -0.1) is 0 Å². The highest BCUT2D eigenvalue weighted by Gasteiger charge is 2.22. The van der Waals surface area contributed by atoms with Gasteiger partial charge in [0.15, 0.2) is 0 Å². The van der Waals surface area contributed by atoms with Crippen molar-refractivity contribution in [1.29, 1.82) is 0 Å². The third-order valence-electron chi connectivity index (χ3n) is 1.80. The SMILES string of the molecule is CCOC(=O)CN1CCCC1=O. The number of carbonyl (C=O) groups is 2. The summed E-state index contributed by atoms with van der Waals surface area (Å²) in [5.41, 5.74) is 0. The standard InChI is InChI=1S/C8H13NO3/c1-2-12-8(11)6-9-5-3-4-7(9)10/h2-6H2,1H3. The van der Waals surface area contributed by atoms with Crippen molar-refractivity contribution in [1.82, 2.24) is 4.90 Å². The van der Waals surface area contributed by atoms with E-state index in [0.29, 0.717) is 19.6 Å². The van der Waals surface area contributed by atoms with Crippen LogP contribution in [0.25, 0.3) is 0 Å². The summed E-state index contributed by atoms with van der Waals surface area (Å²) in [5.74, 6) is -0.254. The molecular weight excluding hydrogens is 158 g/mol. The molecule has 0 saturated carbocycles. The maximum absolute atomic E-state index is 11.0. The number of esters is 1. The fraction of sp³-hybridized carbons (Fsp3) is 0.750. The first-order valence-electron chi connectivity index (χ1n) is 4.17. The van der Waals surface area contributed by atoms with E-state index in [1.165, 1.54) is 4.90 Å². The minimum atomic E-state index is -0.312. The van der Waals surface area contributed by atoms with Crippen molar-refractivity contribution in [2.45, 2.75) is 19.8 Å². The summed E-state index contributed by atoms with van der Waals surface area (Å²) in [5, 5.41) is 0. The number of nitrogens with zero attached hydrogens (tertiary/aromatic N) is 1. The largest absolute Gasteiger partial charge is 0.465 e. The van der Waals surface area contributed by atoms with Crippen molar-refractivity contribution in [3.63, 3.8) is 0 Å². The van der Waals surface area contributed by atoms with Gasteiger partial charge in [-0.2, -0.15) is 0 Å². The van der Waals surface area contributed by atoms with E-state index >= 15 is 0 Å². The minimum Gasteiger partial charge on any atom is -0.465 e. The molecule has 0 aromatic rings. The Morgan fingerprint density at radius 1 is 1.67 bits per heavy atom. The number of likely N-dealkylation sites (tertiary alicyclic amines) is 1. The molecule has 0 aromatic heterocycles. The van der Waals surface area contributed by atoms with Crippen LogP contribution in [0.1, 0.15) is 19.8 Å². The minimum absolute atomic E-state index is 0.0584. The van der Waals surface area contributed by atoms with Crippen molar-refractivity contribution in [2.24, 2.45) is 0 Å². The number of hydrogen-bond donors (Lipinski definition) is 0. The molecule has 0 N–H and O–H groups in total. The Bertz CT molecular complexity index is 191. The van der Waals surface area contributed by atoms with E-state index < -0.39 is 0 Å². The molecule has 4 heteroatoms. The zero-order valence-corrected chi connectivity index (χ0v) is 7.21. The van der Waals surface area contributed by atoms with Gasteiger partial charge in [-0.3, -0.25) is 9.59 Å². The highest BCUT2D eigenvalue weighted by molar-refractivity contribution is 5.83. The summed E-state index contributed by atoms with van der Waals surface area (Å²) >= 11 is 0. The molecule has 0 unspecified atom stereocenters. The molecule has 0 spiro atoms. The molecule has 1 aliphatic rings. The molecule has 1 heterocycles. The highest BCUT2D eigenvalue weighted by Crippen LogP contribution is 2.08. The second kappa shape index (κ2) is 4.09. The van der Waals surface area contributed by atoms with Gasteiger partial charge >= 0.3 is 5.97 Å². The van der Waals surface area contributed by atoms with Crippen molar-refractivity contribution >= 4 is 11.9 Å². The summed E-state index contributed by atoms with van der Waals surface area (Å²) in [6.07, 6.45) is 1.43. The van der Waals surface area contributed by atoms with Gasteiger partial charge in [-0.05, 0) is 13.3 Å². The summed E-state index contributed by atoms with van der Waals surface area (Å²) in [6, 6.07) is 0. The normalized spacial score (nSPS) is 16.8. The van der Waals surface area contributed by atoms with E-state index in [-0.39, 0.29) is 18.4 Å². The van der Waals surface area contributed by atoms with Crippen molar-refractivity contribution in [3.8, 4) is 0 Å². The Labute approximate surface area is 71.5 Å². The Kier molecular flexibility index (Phi) is 3.08. The van der Waals surface area contributed by atoms with Crippen LogP contribution in [0.15, 0.2) is 0 Å². The zero-order valence-electron chi connectivity index (χ0n) is 7.21. The molecule has 0 aromatic carbocycles. The van der Waals surface area contributed by atoms with Gasteiger partial charge in [0, 0.05) is 13.0 Å². The molecule has 12 heavy (non-hydrogen) atoms. The number of rotatable bonds is 3. The quantitative estimate of drug-likeness (QED) is 0.569. The van der Waals surface area contributed by atoms with Crippen LogP contribution < -0.4 is 0 Å². The van der Waals surface area contributed by atoms with Crippen molar-refractivity contribution < 1.29 is 14.3 Å². The maximum atomic E-state index is 11.0. The average Bonchev–Trinajstić information content (AvgIpc) is 2.37. The van der Waals surface area contributed by atoms with E-state index in [9.17, 15) is 9.59 Å². The van der Waals surface area contributed by atoms with Crippen LogP contribution in [0.4, 0.5) is 0 Å². The lowest BCUT2D eigenvalue weighted by Crippen LogP contribution is -2.31. The van der Waals surface area contributed by atoms with Gasteiger partial charge in [0.05, 0.1) is 6.61 Å². The lowest BCUT2D eigenvalue weighted by atomic mass is 10.4. The topological polar surface area (TPSA) is 46.6 Å². The molecule has 0 radical (unpaired) electrons. The lowest BCUT2D eigenvalue weighted by molar-refractivity contribution is -0.147. The van der Waals surface area contributed by atoms with Crippen LogP contribution in [0, 0.1) is 0 Å². The molecule has 1 aliphatic heterocycles. The smallest absolute Gasteiger partial charge is 0.325 e. The van der Waals surface area contributed by atoms with E-state index in [1.807, 2.05) is 0 Å². The summed E-state index contributed by atoms with van der Waals surface area (Å²) in [4.78, 5) is 23.5. The molecule has 1 rings (SSSR count). The van der Waals surface area contributed by atoms with Crippen LogP contribution in [-0.4, -0.2) is 36.5 Å². The van der Waals surface area contributed by atoms with Crippen molar-refractivity contribution in [2.75, 3.05) is 19.7 Å². The zero-order chi connectivity index (χ0) is 8.97. The molecule has 0 atom stereocenters. The molecule has 0 aliphatic carbocycles. The van der Waals surface area contributed by atoms with Gasteiger partial charge in [0.1, 0.15) is 6.54 Å². The molecule has 0 bridgehead atoms. The monoisotopic (exact) mass is 171 g/mol. The predicted octanol–water partition coefficient (Wildman–Crippen LogP) is 0.172. The predicted molar refractivity (Wildman–Crippen MR) is 42.4 cm³/mol. The van der Waals surface area contributed by atoms with E-state index in [2.05, 4.69) is 0 Å². The summed E-state index contributed by atoms with van der Waals surface area (Å²) < 4.78 is 4.72. The second-order valence-corrected chi connectivity index (χ2v) is 2.72. The first-order chi connectivity index (χ1) is 5.74. The summed E-state index contributed by atoms with van der Waals surface area (Å²) in [7, 11) is 0. The van der Waals surface area contributed by atoms with Gasteiger partial charge in [-0.25, -0.2) is 0 Å². The van der Waals surface area contributed by atoms with Crippen LogP contribution in [-0.2, 0) is 14.3 Å². The van der Waals surface area contributed by atoms with Crippen LogP contribution in [0.5, 0.6) is 0 Å². The van der Waals surface area contributed by atoms with Crippen molar-refractivity contribution in [3.05, 3.63) is 0 Å². The number of hydrogen-bond acceptors (Lipinski definition) is 3. The van der Waals surface area contributed by atoms with E-state index in [1.54, 1.807) is 6.92 Å². The molecule has 1 saturated heterocycles. The molecule has 1 amide bonds. The number of ether oxygens (including phenoxy) is 1. The van der Waals surface area contributed by atoms with Gasteiger partial charge in [0.25, 0.3) is 0 Å². The van der Waals surface area contributed by atoms with Crippen LogP contribution in [0.3, 0.4) is 0 Å². The first kappa shape index (κ1) is 9.03. The fourth-order valence-electron chi connectivity index (χ4n) is 1.23. The second-order valence-electron chi connectivity index (χ2n) is 2.72. The average molecular weight is 171 g/mol. The van der Waals surface area contributed by atoms with Gasteiger partial charge in [-0.1, -0.05) is 0 Å². The number of carbonyl (C=O) groups excluding carboxylic acids is 2. The lowest BCUT2D eigenvalue weighted by Gasteiger charge is -2.13. The third kappa shape index (κ3) is 2.22. The molecule has 68 valence electrons. The van der Waals surface area contributed by atoms with Gasteiger partial charge < -0.3 is 9.64 Å². The van der Waals surface area contributed by atoms with Crippen LogP contribution >= 0.6 is 0 Å². The Balaban J connectivity index is 2.30. The fourth-order valence-corrected chi connectivity index (χ4v) is 1.23. The Morgan fingerprint density at radius 3 is 2.92 bits per heavy atom. The van der Waals surface area contributed by atoms with E-state index in [0.717, 1.165) is 6.42 Å². The third-order valence-corrected chi connectivity index (χ3v) is 1.80. The van der Waals surface area contributed by atoms with E-state index in [4.69, 9.17) is 4.74 Å². The summed E-state index contributed by atoms with van der Waals surface area (Å²) in [6.45, 7) is 2.94. The molecule has 1 fully saturated rings. The Morgan fingerprint density at radius 2 is 2.42 bits per heavy atom. The Hall–Kier alpha value is -1.06. The maximum Gasteiger partial charge on any atom is 0.325 e. The molecule has 4 nitrogen and oxygen atoms in total. The first-order valence-corrected chi connectivity index (χ1v) is 4.17. The molecular formula is C8H13NO3. The van der Waals surface area contributed by atoms with Crippen LogP contribution in [0.2, 0.25) is 0 Å².